The van der Waals surface area contributed by atoms with Crippen molar-refractivity contribution in [2.24, 2.45) is 5.92 Å². The maximum atomic E-state index is 12.4. The molecule has 1 atom stereocenters. The van der Waals surface area contributed by atoms with E-state index in [1.54, 1.807) is 13.2 Å². The Hall–Kier alpha value is -2.50. The van der Waals surface area contributed by atoms with Crippen molar-refractivity contribution < 1.29 is 19.1 Å². The molecular weight excluding hydrogens is 296 g/mol. The molecule has 0 saturated heterocycles. The highest BCUT2D eigenvalue weighted by molar-refractivity contribution is 6.01. The summed E-state index contributed by atoms with van der Waals surface area (Å²) in [5.74, 6) is 0.145. The molecule has 2 aromatic rings. The lowest BCUT2D eigenvalue weighted by Gasteiger charge is -2.17. The minimum atomic E-state index is -0.666. The molecule has 6 nitrogen and oxygen atoms in total. The van der Waals surface area contributed by atoms with Gasteiger partial charge in [-0.15, -0.1) is 0 Å². The largest absolute Gasteiger partial charge is 0.496 e. The van der Waals surface area contributed by atoms with Crippen molar-refractivity contribution in [1.82, 2.24) is 10.3 Å². The summed E-state index contributed by atoms with van der Waals surface area (Å²) in [6.07, 6.45) is 0.516. The molecule has 0 aliphatic rings. The van der Waals surface area contributed by atoms with Crippen molar-refractivity contribution in [3.05, 3.63) is 30.0 Å². The Labute approximate surface area is 135 Å². The van der Waals surface area contributed by atoms with E-state index in [0.717, 1.165) is 10.9 Å². The summed E-state index contributed by atoms with van der Waals surface area (Å²) in [5, 5.41) is 3.55. The number of H-pyrrole nitrogens is 1. The van der Waals surface area contributed by atoms with Crippen molar-refractivity contribution >= 4 is 22.8 Å². The van der Waals surface area contributed by atoms with E-state index in [0.29, 0.717) is 17.9 Å². The van der Waals surface area contributed by atoms with Gasteiger partial charge in [0.25, 0.3) is 5.91 Å². The van der Waals surface area contributed by atoms with Gasteiger partial charge in [-0.3, -0.25) is 4.79 Å². The van der Waals surface area contributed by atoms with Crippen molar-refractivity contribution in [3.63, 3.8) is 0 Å². The molecule has 23 heavy (non-hydrogen) atoms. The first kappa shape index (κ1) is 16.9. The number of carbonyl (C=O) groups is 2. The second kappa shape index (κ2) is 7.17. The number of fused-ring (bicyclic) bond motifs is 1. The lowest BCUT2D eigenvalue weighted by molar-refractivity contribution is -0.143. The fraction of sp³-hybridized carbons (Fsp3) is 0.412. The Morgan fingerprint density at radius 2 is 2.00 bits per heavy atom. The van der Waals surface area contributed by atoms with Crippen LogP contribution < -0.4 is 10.1 Å². The standard InChI is InChI=1S/C17H22N2O4/c1-10(2)8-14(17(21)23-4)19-16(20)13-9-11-12(18-13)6-5-7-15(11)22-3/h5-7,9-10,14,18H,8H2,1-4H3,(H,19,20). The Kier molecular flexibility index (Phi) is 5.26. The number of hydrogen-bond donors (Lipinski definition) is 2. The average Bonchev–Trinajstić information content (AvgIpc) is 2.97. The molecule has 1 aromatic heterocycles. The average molecular weight is 318 g/mol. The zero-order valence-electron chi connectivity index (χ0n) is 13.8. The highest BCUT2D eigenvalue weighted by atomic mass is 16.5. The summed E-state index contributed by atoms with van der Waals surface area (Å²) in [4.78, 5) is 27.3. The van der Waals surface area contributed by atoms with Crippen LogP contribution in [0.5, 0.6) is 5.75 Å². The van der Waals surface area contributed by atoms with Crippen molar-refractivity contribution in [1.29, 1.82) is 0 Å². The number of ether oxygens (including phenoxy) is 2. The quantitative estimate of drug-likeness (QED) is 0.802. The van der Waals surface area contributed by atoms with E-state index in [4.69, 9.17) is 9.47 Å². The third-order valence-electron chi connectivity index (χ3n) is 3.59. The maximum absolute atomic E-state index is 12.4. The number of esters is 1. The second-order valence-electron chi connectivity index (χ2n) is 5.78. The van der Waals surface area contributed by atoms with Gasteiger partial charge in [0.2, 0.25) is 0 Å². The molecule has 1 amide bonds. The molecule has 0 spiro atoms. The minimum Gasteiger partial charge on any atom is -0.496 e. The van der Waals surface area contributed by atoms with Crippen LogP contribution in [0.3, 0.4) is 0 Å². The van der Waals surface area contributed by atoms with Gasteiger partial charge in [-0.25, -0.2) is 4.79 Å². The van der Waals surface area contributed by atoms with Gasteiger partial charge in [0.1, 0.15) is 17.5 Å². The van der Waals surface area contributed by atoms with Gasteiger partial charge in [-0.2, -0.15) is 0 Å². The monoisotopic (exact) mass is 318 g/mol. The van der Waals surface area contributed by atoms with Gasteiger partial charge in [-0.05, 0) is 30.5 Å². The number of rotatable bonds is 6. The van der Waals surface area contributed by atoms with Gasteiger partial charge in [0.15, 0.2) is 0 Å². The maximum Gasteiger partial charge on any atom is 0.328 e. The molecule has 2 rings (SSSR count). The zero-order chi connectivity index (χ0) is 17.0. The first-order chi connectivity index (χ1) is 11.0. The Bertz CT molecular complexity index is 706. The highest BCUT2D eigenvalue weighted by Crippen LogP contribution is 2.26. The molecule has 6 heteroatoms. The molecule has 0 fully saturated rings. The molecule has 2 N–H and O–H groups in total. The van der Waals surface area contributed by atoms with Crippen LogP contribution >= 0.6 is 0 Å². The van der Waals surface area contributed by atoms with Gasteiger partial charge in [0, 0.05) is 10.9 Å². The molecule has 1 aromatic carbocycles. The SMILES string of the molecule is COC(=O)C(CC(C)C)NC(=O)c1cc2c(OC)cccc2[nH]1. The Morgan fingerprint density at radius 3 is 2.61 bits per heavy atom. The van der Waals surface area contributed by atoms with Gasteiger partial charge in [-0.1, -0.05) is 19.9 Å². The lowest BCUT2D eigenvalue weighted by atomic mass is 10.0. The van der Waals surface area contributed by atoms with Crippen molar-refractivity contribution in [2.75, 3.05) is 14.2 Å². The Balaban J connectivity index is 2.23. The smallest absolute Gasteiger partial charge is 0.328 e. The highest BCUT2D eigenvalue weighted by Gasteiger charge is 2.24. The first-order valence-corrected chi connectivity index (χ1v) is 7.50. The van der Waals surface area contributed by atoms with Crippen molar-refractivity contribution in [2.45, 2.75) is 26.3 Å². The van der Waals surface area contributed by atoms with Crippen LogP contribution in [0.25, 0.3) is 10.9 Å². The van der Waals surface area contributed by atoms with Crippen LogP contribution in [-0.4, -0.2) is 37.1 Å². The minimum absolute atomic E-state index is 0.252. The van der Waals surface area contributed by atoms with E-state index in [1.165, 1.54) is 7.11 Å². The van der Waals surface area contributed by atoms with Crippen LogP contribution in [0.4, 0.5) is 0 Å². The van der Waals surface area contributed by atoms with E-state index < -0.39 is 12.0 Å². The van der Waals surface area contributed by atoms with E-state index in [2.05, 4.69) is 10.3 Å². The molecule has 0 saturated carbocycles. The zero-order valence-corrected chi connectivity index (χ0v) is 13.8. The molecule has 0 aliphatic carbocycles. The number of carbonyl (C=O) groups excluding carboxylic acids is 2. The summed E-state index contributed by atoms with van der Waals surface area (Å²) in [6, 6.07) is 6.58. The van der Waals surface area contributed by atoms with Gasteiger partial charge >= 0.3 is 5.97 Å². The number of methoxy groups -OCH3 is 2. The van der Waals surface area contributed by atoms with Crippen LogP contribution in [-0.2, 0) is 9.53 Å². The molecule has 1 heterocycles. The van der Waals surface area contributed by atoms with E-state index in [9.17, 15) is 9.59 Å². The predicted molar refractivity (Wildman–Crippen MR) is 87.6 cm³/mol. The summed E-state index contributed by atoms with van der Waals surface area (Å²) in [6.45, 7) is 3.96. The number of nitrogens with one attached hydrogen (secondary N) is 2. The number of hydrogen-bond acceptors (Lipinski definition) is 4. The molecule has 0 bridgehead atoms. The van der Waals surface area contributed by atoms with E-state index in [-0.39, 0.29) is 11.8 Å². The topological polar surface area (TPSA) is 80.4 Å². The van der Waals surface area contributed by atoms with Crippen LogP contribution in [0.1, 0.15) is 30.8 Å². The molecule has 0 aliphatic heterocycles. The summed E-state index contributed by atoms with van der Waals surface area (Å²) < 4.78 is 10.0. The normalized spacial score (nSPS) is 12.2. The molecule has 0 radical (unpaired) electrons. The van der Waals surface area contributed by atoms with Crippen molar-refractivity contribution in [3.8, 4) is 5.75 Å². The molecule has 124 valence electrons. The molecule has 1 unspecified atom stereocenters. The number of benzene rings is 1. The van der Waals surface area contributed by atoms with E-state index >= 15 is 0 Å². The predicted octanol–water partition coefficient (Wildman–Crippen LogP) is 2.49. The van der Waals surface area contributed by atoms with Crippen LogP contribution in [0.15, 0.2) is 24.3 Å². The van der Waals surface area contributed by atoms with Gasteiger partial charge < -0.3 is 19.8 Å². The Morgan fingerprint density at radius 1 is 1.26 bits per heavy atom. The summed E-state index contributed by atoms with van der Waals surface area (Å²) in [5.41, 5.74) is 1.18. The third-order valence-corrected chi connectivity index (χ3v) is 3.59. The lowest BCUT2D eigenvalue weighted by Crippen LogP contribution is -2.42. The number of amides is 1. The first-order valence-electron chi connectivity index (χ1n) is 7.50. The van der Waals surface area contributed by atoms with Crippen LogP contribution in [0, 0.1) is 5.92 Å². The summed E-state index contributed by atoms with van der Waals surface area (Å²) in [7, 11) is 2.90. The summed E-state index contributed by atoms with van der Waals surface area (Å²) >= 11 is 0. The van der Waals surface area contributed by atoms with E-state index in [1.807, 2.05) is 32.0 Å². The fourth-order valence-corrected chi connectivity index (χ4v) is 2.49. The molecular formula is C17H22N2O4. The van der Waals surface area contributed by atoms with Crippen LogP contribution in [0.2, 0.25) is 0 Å². The second-order valence-corrected chi connectivity index (χ2v) is 5.78. The number of aromatic nitrogens is 1. The third kappa shape index (κ3) is 3.83. The number of aromatic amines is 1. The van der Waals surface area contributed by atoms with Gasteiger partial charge in [0.05, 0.1) is 14.2 Å². The fourth-order valence-electron chi connectivity index (χ4n) is 2.49.